The lowest BCUT2D eigenvalue weighted by atomic mass is 9.70. The average molecular weight is 170 g/mol. The largest absolute Gasteiger partial charge is 0.392 e. The van der Waals surface area contributed by atoms with Gasteiger partial charge < -0.3 is 5.11 Å². The third-order valence-corrected chi connectivity index (χ3v) is 4.07. The molecule has 1 N–H and O–H groups in total. The zero-order valence-corrected chi connectivity index (χ0v) is 9.23. The first-order valence-corrected chi connectivity index (χ1v) is 4.79. The normalized spacial score (nSPS) is 36.8. The molecule has 1 fully saturated rings. The summed E-state index contributed by atoms with van der Waals surface area (Å²) >= 11 is 0. The Balaban J connectivity index is 3.05. The van der Waals surface area contributed by atoms with Gasteiger partial charge in [-0.05, 0) is 22.7 Å². The van der Waals surface area contributed by atoms with Crippen LogP contribution in [0.4, 0.5) is 0 Å². The van der Waals surface area contributed by atoms with E-state index in [0.29, 0.717) is 0 Å². The summed E-state index contributed by atoms with van der Waals surface area (Å²) in [7, 11) is 0. The maximum atomic E-state index is 10.1. The first kappa shape index (κ1) is 10.0. The summed E-state index contributed by atoms with van der Waals surface area (Å²) in [5.41, 5.74) is 0.361. The molecule has 0 aromatic carbocycles. The highest BCUT2D eigenvalue weighted by atomic mass is 16.3. The lowest BCUT2D eigenvalue weighted by molar-refractivity contribution is -0.0151. The molecule has 0 amide bonds. The van der Waals surface area contributed by atoms with Crippen LogP contribution in [-0.2, 0) is 0 Å². The summed E-state index contributed by atoms with van der Waals surface area (Å²) in [5, 5.41) is 10.1. The van der Waals surface area contributed by atoms with Crippen molar-refractivity contribution in [2.24, 2.45) is 16.2 Å². The maximum absolute atomic E-state index is 10.1. The van der Waals surface area contributed by atoms with E-state index in [-0.39, 0.29) is 22.3 Å². The molecule has 0 spiro atoms. The Morgan fingerprint density at radius 1 is 1.00 bits per heavy atom. The highest BCUT2D eigenvalue weighted by molar-refractivity contribution is 5.06. The Morgan fingerprint density at radius 2 is 1.42 bits per heavy atom. The van der Waals surface area contributed by atoms with Crippen LogP contribution in [0.2, 0.25) is 0 Å². The molecule has 1 nitrogen and oxygen atoms in total. The van der Waals surface area contributed by atoms with E-state index >= 15 is 0 Å². The highest BCUT2D eigenvalue weighted by Crippen LogP contribution is 2.59. The third kappa shape index (κ3) is 1.10. The van der Waals surface area contributed by atoms with Crippen LogP contribution in [0.5, 0.6) is 0 Å². The van der Waals surface area contributed by atoms with E-state index in [9.17, 15) is 5.11 Å². The van der Waals surface area contributed by atoms with Crippen molar-refractivity contribution in [1.82, 2.24) is 0 Å². The van der Waals surface area contributed by atoms with Crippen LogP contribution in [0.15, 0.2) is 0 Å². The van der Waals surface area contributed by atoms with E-state index in [0.717, 1.165) is 6.42 Å². The van der Waals surface area contributed by atoms with E-state index in [4.69, 9.17) is 0 Å². The highest BCUT2D eigenvalue weighted by Gasteiger charge is 2.56. The molecule has 1 atom stereocenters. The second-order valence-corrected chi connectivity index (χ2v) is 6.17. The molecular formula is C11H22O. The molecule has 1 heteroatoms. The van der Waals surface area contributed by atoms with E-state index in [2.05, 4.69) is 41.5 Å². The lowest BCUT2D eigenvalue weighted by Crippen LogP contribution is -2.37. The number of aliphatic hydroxyl groups is 1. The fourth-order valence-corrected chi connectivity index (χ4v) is 2.81. The van der Waals surface area contributed by atoms with Crippen molar-refractivity contribution in [2.45, 2.75) is 54.1 Å². The summed E-state index contributed by atoms with van der Waals surface area (Å²) in [4.78, 5) is 0. The minimum atomic E-state index is -0.181. The van der Waals surface area contributed by atoms with Crippen LogP contribution in [-0.4, -0.2) is 11.2 Å². The van der Waals surface area contributed by atoms with Gasteiger partial charge in [0.15, 0.2) is 0 Å². The Hall–Kier alpha value is -0.0400. The fourth-order valence-electron chi connectivity index (χ4n) is 2.81. The lowest BCUT2D eigenvalue weighted by Gasteiger charge is -2.37. The van der Waals surface area contributed by atoms with Gasteiger partial charge in [-0.25, -0.2) is 0 Å². The van der Waals surface area contributed by atoms with Gasteiger partial charge in [-0.3, -0.25) is 0 Å². The summed E-state index contributed by atoms with van der Waals surface area (Å²) in [5.74, 6) is 0. The predicted molar refractivity (Wildman–Crippen MR) is 52.0 cm³/mol. The quantitative estimate of drug-likeness (QED) is 0.592. The van der Waals surface area contributed by atoms with Gasteiger partial charge in [0, 0.05) is 0 Å². The zero-order valence-electron chi connectivity index (χ0n) is 9.23. The van der Waals surface area contributed by atoms with Crippen molar-refractivity contribution in [3.63, 3.8) is 0 Å². The Kier molecular flexibility index (Phi) is 1.89. The zero-order chi connectivity index (χ0) is 9.78. The van der Waals surface area contributed by atoms with Gasteiger partial charge in [0.05, 0.1) is 6.10 Å². The number of rotatable bonds is 0. The molecule has 0 heterocycles. The smallest absolute Gasteiger partial charge is 0.0647 e. The molecule has 1 unspecified atom stereocenters. The van der Waals surface area contributed by atoms with Crippen molar-refractivity contribution in [3.8, 4) is 0 Å². The predicted octanol–water partition coefficient (Wildman–Crippen LogP) is 2.83. The van der Waals surface area contributed by atoms with E-state index in [1.807, 2.05) is 0 Å². The second-order valence-electron chi connectivity index (χ2n) is 6.17. The van der Waals surface area contributed by atoms with Gasteiger partial charge in [-0.2, -0.15) is 0 Å². The molecule has 0 bridgehead atoms. The summed E-state index contributed by atoms with van der Waals surface area (Å²) < 4.78 is 0. The van der Waals surface area contributed by atoms with Crippen molar-refractivity contribution in [2.75, 3.05) is 0 Å². The third-order valence-electron chi connectivity index (χ3n) is 4.07. The van der Waals surface area contributed by atoms with Crippen molar-refractivity contribution in [1.29, 1.82) is 0 Å². The maximum Gasteiger partial charge on any atom is 0.0647 e. The van der Waals surface area contributed by atoms with Crippen LogP contribution in [0, 0.1) is 16.2 Å². The topological polar surface area (TPSA) is 20.2 Å². The van der Waals surface area contributed by atoms with Crippen LogP contribution in [0.1, 0.15) is 48.0 Å². The van der Waals surface area contributed by atoms with Crippen molar-refractivity contribution in [3.05, 3.63) is 0 Å². The minimum Gasteiger partial charge on any atom is -0.392 e. The van der Waals surface area contributed by atoms with Crippen molar-refractivity contribution < 1.29 is 5.11 Å². The molecule has 1 rings (SSSR count). The van der Waals surface area contributed by atoms with E-state index in [1.165, 1.54) is 0 Å². The summed E-state index contributed by atoms with van der Waals surface area (Å²) in [6.07, 6.45) is 0.925. The molecule has 1 aliphatic carbocycles. The van der Waals surface area contributed by atoms with Crippen LogP contribution >= 0.6 is 0 Å². The minimum absolute atomic E-state index is 0.0382. The van der Waals surface area contributed by atoms with E-state index < -0.39 is 0 Å². The first-order valence-electron chi connectivity index (χ1n) is 4.79. The molecule has 0 aliphatic heterocycles. The van der Waals surface area contributed by atoms with Gasteiger partial charge in [0.2, 0.25) is 0 Å². The molecule has 72 valence electrons. The molecule has 1 saturated carbocycles. The Morgan fingerprint density at radius 3 is 1.50 bits per heavy atom. The molecule has 0 aromatic rings. The molecule has 0 radical (unpaired) electrons. The fraction of sp³-hybridized carbons (Fsp3) is 1.00. The number of hydrogen-bond acceptors (Lipinski definition) is 1. The van der Waals surface area contributed by atoms with Gasteiger partial charge in [-0.1, -0.05) is 41.5 Å². The monoisotopic (exact) mass is 170 g/mol. The average Bonchev–Trinajstić information content (AvgIpc) is 1.90. The van der Waals surface area contributed by atoms with Crippen LogP contribution in [0.3, 0.4) is 0 Å². The standard InChI is InChI=1S/C11H22O/c1-9(2)7-10(3,4)11(5,6)8(9)12/h8,12H,7H2,1-6H3. The number of hydrogen-bond donors (Lipinski definition) is 1. The second kappa shape index (κ2) is 2.25. The SMILES string of the molecule is CC1(C)CC(C)(C)C(C)(C)C1O. The van der Waals surface area contributed by atoms with Crippen molar-refractivity contribution >= 4 is 0 Å². The van der Waals surface area contributed by atoms with Gasteiger partial charge in [0.1, 0.15) is 0 Å². The molecule has 1 aliphatic rings. The van der Waals surface area contributed by atoms with Crippen LogP contribution in [0.25, 0.3) is 0 Å². The Labute approximate surface area is 76.2 Å². The summed E-state index contributed by atoms with van der Waals surface area (Å²) in [6, 6.07) is 0. The Bertz CT molecular complexity index is 189. The molecule has 0 saturated heterocycles. The van der Waals surface area contributed by atoms with Gasteiger partial charge in [-0.15, -0.1) is 0 Å². The first-order chi connectivity index (χ1) is 5.11. The molecule has 12 heavy (non-hydrogen) atoms. The van der Waals surface area contributed by atoms with E-state index in [1.54, 1.807) is 0 Å². The van der Waals surface area contributed by atoms with Crippen LogP contribution < -0.4 is 0 Å². The summed E-state index contributed by atoms with van der Waals surface area (Å²) in [6.45, 7) is 13.2. The number of aliphatic hydroxyl groups excluding tert-OH is 1. The van der Waals surface area contributed by atoms with Gasteiger partial charge in [0.25, 0.3) is 0 Å². The van der Waals surface area contributed by atoms with Gasteiger partial charge >= 0.3 is 0 Å². The molecule has 0 aromatic heterocycles. The molecular weight excluding hydrogens is 148 g/mol.